The van der Waals surface area contributed by atoms with E-state index < -0.39 is 0 Å². The van der Waals surface area contributed by atoms with Crippen molar-refractivity contribution in [1.82, 2.24) is 5.32 Å². The van der Waals surface area contributed by atoms with E-state index in [-0.39, 0.29) is 17.2 Å². The largest absolute Gasteiger partial charge is 0.385 e. The van der Waals surface area contributed by atoms with E-state index in [4.69, 9.17) is 10.5 Å². The zero-order valence-corrected chi connectivity index (χ0v) is 12.4. The van der Waals surface area contributed by atoms with E-state index in [1.165, 1.54) is 0 Å². The molecule has 1 amide bonds. The standard InChI is InChI=1S/C14H30N2O2/c1-14(2,3)10-12(11-15)13(17)16-8-6-5-7-9-18-4/h12H,5-11,15H2,1-4H3,(H,16,17). The van der Waals surface area contributed by atoms with Crippen molar-refractivity contribution in [2.24, 2.45) is 17.1 Å². The summed E-state index contributed by atoms with van der Waals surface area (Å²) in [5.74, 6) is 0.0307. The fraction of sp³-hybridized carbons (Fsp3) is 0.929. The molecule has 0 aliphatic carbocycles. The molecule has 0 spiro atoms. The highest BCUT2D eigenvalue weighted by atomic mass is 16.5. The van der Waals surface area contributed by atoms with Crippen molar-refractivity contribution in [1.29, 1.82) is 0 Å². The maximum absolute atomic E-state index is 11.9. The molecule has 0 aromatic rings. The zero-order chi connectivity index (χ0) is 14.0. The number of rotatable bonds is 9. The quantitative estimate of drug-likeness (QED) is 0.621. The summed E-state index contributed by atoms with van der Waals surface area (Å²) in [7, 11) is 1.71. The van der Waals surface area contributed by atoms with Gasteiger partial charge in [0.1, 0.15) is 0 Å². The first-order valence-electron chi connectivity index (χ1n) is 6.87. The molecule has 0 aromatic heterocycles. The Balaban J connectivity index is 3.77. The molecule has 0 fully saturated rings. The van der Waals surface area contributed by atoms with Gasteiger partial charge in [0.2, 0.25) is 5.91 Å². The Kier molecular flexibility index (Phi) is 9.02. The van der Waals surface area contributed by atoms with Crippen molar-refractivity contribution in [2.45, 2.75) is 46.5 Å². The molecule has 0 aliphatic heterocycles. The second-order valence-corrected chi connectivity index (χ2v) is 6.04. The van der Waals surface area contributed by atoms with Crippen LogP contribution in [-0.4, -0.2) is 32.7 Å². The summed E-state index contributed by atoms with van der Waals surface area (Å²) in [5, 5.41) is 2.97. The third kappa shape index (κ3) is 9.42. The molecule has 0 aromatic carbocycles. The van der Waals surface area contributed by atoms with E-state index >= 15 is 0 Å². The van der Waals surface area contributed by atoms with Gasteiger partial charge in [-0.1, -0.05) is 20.8 Å². The van der Waals surface area contributed by atoms with Gasteiger partial charge in [-0.2, -0.15) is 0 Å². The van der Waals surface area contributed by atoms with Crippen LogP contribution < -0.4 is 11.1 Å². The van der Waals surface area contributed by atoms with E-state index in [1.54, 1.807) is 7.11 Å². The van der Waals surface area contributed by atoms with Crippen LogP contribution in [0.15, 0.2) is 0 Å². The van der Waals surface area contributed by atoms with E-state index in [0.717, 1.165) is 38.8 Å². The van der Waals surface area contributed by atoms with Gasteiger partial charge in [0.05, 0.1) is 5.92 Å². The van der Waals surface area contributed by atoms with Gasteiger partial charge >= 0.3 is 0 Å². The molecule has 0 saturated carbocycles. The highest BCUT2D eigenvalue weighted by Gasteiger charge is 2.23. The SMILES string of the molecule is COCCCCCNC(=O)C(CN)CC(C)(C)C. The molecule has 1 atom stereocenters. The molecule has 0 heterocycles. The number of amides is 1. The Hall–Kier alpha value is -0.610. The Labute approximate surface area is 112 Å². The fourth-order valence-corrected chi connectivity index (χ4v) is 1.93. The van der Waals surface area contributed by atoms with Gasteiger partial charge in [0, 0.05) is 26.8 Å². The normalized spacial score (nSPS) is 13.4. The average Bonchev–Trinajstić information content (AvgIpc) is 2.29. The van der Waals surface area contributed by atoms with Crippen LogP contribution in [0.3, 0.4) is 0 Å². The highest BCUT2D eigenvalue weighted by Crippen LogP contribution is 2.23. The summed E-state index contributed by atoms with van der Waals surface area (Å²) in [5.41, 5.74) is 5.81. The van der Waals surface area contributed by atoms with Crippen LogP contribution in [0.1, 0.15) is 46.5 Å². The number of carbonyl (C=O) groups excluding carboxylic acids is 1. The monoisotopic (exact) mass is 258 g/mol. The smallest absolute Gasteiger partial charge is 0.224 e. The number of hydrogen-bond donors (Lipinski definition) is 2. The molecule has 4 nitrogen and oxygen atoms in total. The third-order valence-corrected chi connectivity index (χ3v) is 2.84. The van der Waals surface area contributed by atoms with E-state index in [1.807, 2.05) is 0 Å². The van der Waals surface area contributed by atoms with Crippen molar-refractivity contribution in [3.63, 3.8) is 0 Å². The van der Waals surface area contributed by atoms with Crippen molar-refractivity contribution in [3.05, 3.63) is 0 Å². The number of carbonyl (C=O) groups is 1. The maximum Gasteiger partial charge on any atom is 0.224 e. The highest BCUT2D eigenvalue weighted by molar-refractivity contribution is 5.78. The molecule has 3 N–H and O–H groups in total. The van der Waals surface area contributed by atoms with Crippen LogP contribution in [-0.2, 0) is 9.53 Å². The summed E-state index contributed by atoms with van der Waals surface area (Å²) in [4.78, 5) is 11.9. The van der Waals surface area contributed by atoms with Crippen LogP contribution in [0, 0.1) is 11.3 Å². The Morgan fingerprint density at radius 1 is 1.28 bits per heavy atom. The van der Waals surface area contributed by atoms with E-state index in [0.29, 0.717) is 6.54 Å². The van der Waals surface area contributed by atoms with Gasteiger partial charge in [-0.25, -0.2) is 0 Å². The molecule has 0 rings (SSSR count). The second-order valence-electron chi connectivity index (χ2n) is 6.04. The second kappa shape index (κ2) is 9.34. The van der Waals surface area contributed by atoms with Crippen molar-refractivity contribution in [3.8, 4) is 0 Å². The topological polar surface area (TPSA) is 64.3 Å². The number of hydrogen-bond acceptors (Lipinski definition) is 3. The molecule has 108 valence electrons. The van der Waals surface area contributed by atoms with Gasteiger partial charge in [-0.3, -0.25) is 4.79 Å². The fourth-order valence-electron chi connectivity index (χ4n) is 1.93. The number of methoxy groups -OCH3 is 1. The first-order valence-corrected chi connectivity index (χ1v) is 6.87. The maximum atomic E-state index is 11.9. The Morgan fingerprint density at radius 3 is 2.44 bits per heavy atom. The van der Waals surface area contributed by atoms with E-state index in [2.05, 4.69) is 26.1 Å². The molecular formula is C14H30N2O2. The Bertz CT molecular complexity index is 224. The number of ether oxygens (including phenoxy) is 1. The first kappa shape index (κ1) is 17.4. The number of nitrogens with two attached hydrogens (primary N) is 1. The summed E-state index contributed by atoms with van der Waals surface area (Å²) in [6, 6.07) is 0. The lowest BCUT2D eigenvalue weighted by atomic mass is 9.84. The van der Waals surface area contributed by atoms with Gasteiger partial charge in [-0.05, 0) is 31.1 Å². The number of unbranched alkanes of at least 4 members (excludes halogenated alkanes) is 2. The lowest BCUT2D eigenvalue weighted by molar-refractivity contribution is -0.125. The lowest BCUT2D eigenvalue weighted by Gasteiger charge is -2.24. The molecule has 0 bridgehead atoms. The molecular weight excluding hydrogens is 228 g/mol. The average molecular weight is 258 g/mol. The first-order chi connectivity index (χ1) is 8.40. The van der Waals surface area contributed by atoms with Crippen LogP contribution in [0.2, 0.25) is 0 Å². The molecule has 18 heavy (non-hydrogen) atoms. The lowest BCUT2D eigenvalue weighted by Crippen LogP contribution is -2.37. The minimum absolute atomic E-state index is 0.0658. The summed E-state index contributed by atoms with van der Waals surface area (Å²) >= 11 is 0. The number of nitrogens with one attached hydrogen (secondary N) is 1. The summed E-state index contributed by atoms with van der Waals surface area (Å²) in [6.07, 6.45) is 3.97. The van der Waals surface area contributed by atoms with Crippen molar-refractivity contribution in [2.75, 3.05) is 26.8 Å². The summed E-state index contributed by atoms with van der Waals surface area (Å²) < 4.78 is 4.98. The molecule has 0 aliphatic rings. The zero-order valence-electron chi connectivity index (χ0n) is 12.4. The molecule has 0 radical (unpaired) electrons. The van der Waals surface area contributed by atoms with Gasteiger partial charge in [0.15, 0.2) is 0 Å². The minimum Gasteiger partial charge on any atom is -0.385 e. The predicted octanol–water partition coefficient (Wildman–Crippen LogP) is 1.93. The molecule has 4 heteroatoms. The predicted molar refractivity (Wildman–Crippen MR) is 75.4 cm³/mol. The van der Waals surface area contributed by atoms with Gasteiger partial charge in [0.25, 0.3) is 0 Å². The minimum atomic E-state index is -0.0658. The Morgan fingerprint density at radius 2 is 1.94 bits per heavy atom. The van der Waals surface area contributed by atoms with Crippen molar-refractivity contribution < 1.29 is 9.53 Å². The van der Waals surface area contributed by atoms with E-state index in [9.17, 15) is 4.79 Å². The molecule has 1 unspecified atom stereocenters. The van der Waals surface area contributed by atoms with Gasteiger partial charge < -0.3 is 15.8 Å². The van der Waals surface area contributed by atoms with Crippen LogP contribution >= 0.6 is 0 Å². The van der Waals surface area contributed by atoms with Crippen molar-refractivity contribution >= 4 is 5.91 Å². The van der Waals surface area contributed by atoms with Crippen LogP contribution in [0.5, 0.6) is 0 Å². The van der Waals surface area contributed by atoms with Gasteiger partial charge in [-0.15, -0.1) is 0 Å². The summed E-state index contributed by atoms with van der Waals surface area (Å²) in [6.45, 7) is 8.36. The van der Waals surface area contributed by atoms with Crippen LogP contribution in [0.25, 0.3) is 0 Å². The van der Waals surface area contributed by atoms with Crippen LogP contribution in [0.4, 0.5) is 0 Å². The molecule has 0 saturated heterocycles. The third-order valence-electron chi connectivity index (χ3n) is 2.84.